The summed E-state index contributed by atoms with van der Waals surface area (Å²) in [5.74, 6) is -0.375. The summed E-state index contributed by atoms with van der Waals surface area (Å²) >= 11 is 0. The van der Waals surface area contributed by atoms with E-state index >= 15 is 0 Å². The summed E-state index contributed by atoms with van der Waals surface area (Å²) < 4.78 is 17.9. The molecule has 0 N–H and O–H groups in total. The number of hydrogen-bond acceptors (Lipinski definition) is 6. The normalized spacial score (nSPS) is 39.6. The van der Waals surface area contributed by atoms with Crippen molar-refractivity contribution >= 4 is 5.78 Å². The lowest BCUT2D eigenvalue weighted by molar-refractivity contribution is -0.319. The SMILES string of the molecule is C[C@@H]1C(=O)[C@H](C)[C@@]2(CCCOCc3ccccc3)O[C@H]1[C@H]1OO[C@@H]2O1. The first-order chi connectivity index (χ1) is 12.1. The van der Waals surface area contributed by atoms with Crippen LogP contribution < -0.4 is 0 Å². The third-order valence-corrected chi connectivity index (χ3v) is 5.59. The van der Waals surface area contributed by atoms with Crippen LogP contribution in [0, 0.1) is 11.8 Å². The van der Waals surface area contributed by atoms with Gasteiger partial charge in [0.1, 0.15) is 17.5 Å². The maximum atomic E-state index is 12.7. The first kappa shape index (κ1) is 17.1. The van der Waals surface area contributed by atoms with E-state index in [9.17, 15) is 4.79 Å². The van der Waals surface area contributed by atoms with Gasteiger partial charge in [-0.15, -0.1) is 0 Å². The lowest BCUT2D eigenvalue weighted by atomic mass is 9.72. The van der Waals surface area contributed by atoms with Crippen molar-refractivity contribution in [1.29, 1.82) is 0 Å². The van der Waals surface area contributed by atoms with Gasteiger partial charge in [0, 0.05) is 18.4 Å². The summed E-state index contributed by atoms with van der Waals surface area (Å²) in [5.41, 5.74) is 0.348. The minimum Gasteiger partial charge on any atom is -0.377 e. The second kappa shape index (κ2) is 6.78. The van der Waals surface area contributed by atoms with E-state index in [-0.39, 0.29) is 17.6 Å². The number of benzene rings is 1. The Balaban J connectivity index is 1.37. The number of ketones is 1. The fourth-order valence-electron chi connectivity index (χ4n) is 4.01. The maximum Gasteiger partial charge on any atom is 0.223 e. The number of ether oxygens (including phenoxy) is 3. The molecule has 3 fully saturated rings. The average molecular weight is 348 g/mol. The molecule has 4 rings (SSSR count). The van der Waals surface area contributed by atoms with Crippen LogP contribution in [-0.2, 0) is 35.4 Å². The Morgan fingerprint density at radius 2 is 1.96 bits per heavy atom. The molecule has 0 aromatic heterocycles. The number of Topliss-reactive ketones (excluding diaryl/α,β-unsaturated/α-hetero) is 1. The Labute approximate surface area is 147 Å². The molecule has 3 heterocycles. The fourth-order valence-corrected chi connectivity index (χ4v) is 4.01. The Hall–Kier alpha value is -1.31. The molecular weight excluding hydrogens is 324 g/mol. The highest BCUT2D eigenvalue weighted by Crippen LogP contribution is 2.49. The summed E-state index contributed by atoms with van der Waals surface area (Å²) in [6.07, 6.45) is -0.307. The molecule has 3 saturated heterocycles. The molecule has 0 amide bonds. The van der Waals surface area contributed by atoms with Crippen molar-refractivity contribution in [2.75, 3.05) is 6.61 Å². The molecule has 4 bridgehead atoms. The third kappa shape index (κ3) is 2.92. The van der Waals surface area contributed by atoms with Crippen molar-refractivity contribution in [3.8, 4) is 0 Å². The van der Waals surface area contributed by atoms with Crippen LogP contribution in [0.25, 0.3) is 0 Å². The quantitative estimate of drug-likeness (QED) is 0.582. The molecule has 0 aliphatic carbocycles. The van der Waals surface area contributed by atoms with Crippen LogP contribution in [0.15, 0.2) is 30.3 Å². The summed E-state index contributed by atoms with van der Waals surface area (Å²) in [4.78, 5) is 23.2. The standard InChI is InChI=1S/C19H24O6/c1-12-15(20)13(2)19(18-22-17(24-25-18)16(12)23-19)9-6-10-21-11-14-7-4-3-5-8-14/h3-5,7-8,12-13,16-18H,6,9-11H2,1-2H3/t12-,13+,16-,17-,18+,19-/m1/s1. The van der Waals surface area contributed by atoms with Crippen molar-refractivity contribution < 1.29 is 28.8 Å². The average Bonchev–Trinajstić information content (AvgIpc) is 3.08. The zero-order chi connectivity index (χ0) is 17.4. The van der Waals surface area contributed by atoms with Crippen LogP contribution in [0.2, 0.25) is 0 Å². The smallest absolute Gasteiger partial charge is 0.223 e. The van der Waals surface area contributed by atoms with E-state index in [1.54, 1.807) is 0 Å². The molecular formula is C19H24O6. The molecule has 3 aliphatic heterocycles. The Kier molecular flexibility index (Phi) is 4.64. The van der Waals surface area contributed by atoms with E-state index in [2.05, 4.69) is 0 Å². The van der Waals surface area contributed by atoms with E-state index in [4.69, 9.17) is 24.0 Å². The highest BCUT2D eigenvalue weighted by Gasteiger charge is 2.65. The lowest BCUT2D eigenvalue weighted by Gasteiger charge is -2.51. The van der Waals surface area contributed by atoms with Crippen LogP contribution >= 0.6 is 0 Å². The highest BCUT2D eigenvalue weighted by molar-refractivity contribution is 5.85. The zero-order valence-corrected chi connectivity index (χ0v) is 14.6. The van der Waals surface area contributed by atoms with Gasteiger partial charge in [0.25, 0.3) is 0 Å². The Morgan fingerprint density at radius 3 is 2.76 bits per heavy atom. The molecule has 1 aromatic carbocycles. The summed E-state index contributed by atoms with van der Waals surface area (Å²) in [7, 11) is 0. The van der Waals surface area contributed by atoms with Gasteiger partial charge in [0.2, 0.25) is 12.6 Å². The molecule has 3 aliphatic rings. The molecule has 0 radical (unpaired) electrons. The molecule has 6 heteroatoms. The molecule has 136 valence electrons. The molecule has 25 heavy (non-hydrogen) atoms. The molecule has 1 aromatic rings. The minimum atomic E-state index is -0.794. The first-order valence-corrected chi connectivity index (χ1v) is 8.92. The second-order valence-electron chi connectivity index (χ2n) is 7.12. The molecule has 6 nitrogen and oxygen atoms in total. The number of carbonyl (C=O) groups is 1. The van der Waals surface area contributed by atoms with Gasteiger partial charge in [-0.25, -0.2) is 0 Å². The molecule has 0 saturated carbocycles. The number of hydrogen-bond donors (Lipinski definition) is 0. The summed E-state index contributed by atoms with van der Waals surface area (Å²) in [5, 5.41) is 0. The Bertz CT molecular complexity index is 620. The summed E-state index contributed by atoms with van der Waals surface area (Å²) in [6.45, 7) is 4.91. The predicted octanol–water partition coefficient (Wildman–Crippen LogP) is 2.61. The Morgan fingerprint density at radius 1 is 1.16 bits per heavy atom. The topological polar surface area (TPSA) is 63.2 Å². The largest absolute Gasteiger partial charge is 0.377 e. The number of fused-ring (bicyclic) bond motifs is 6. The van der Waals surface area contributed by atoms with Crippen LogP contribution in [-0.4, -0.2) is 36.7 Å². The van der Waals surface area contributed by atoms with E-state index in [1.807, 2.05) is 44.2 Å². The van der Waals surface area contributed by atoms with Gasteiger partial charge in [0.15, 0.2) is 0 Å². The van der Waals surface area contributed by atoms with Gasteiger partial charge in [0.05, 0.1) is 6.61 Å². The first-order valence-electron chi connectivity index (χ1n) is 8.92. The fraction of sp³-hybridized carbons (Fsp3) is 0.632. The van der Waals surface area contributed by atoms with Crippen molar-refractivity contribution in [3.63, 3.8) is 0 Å². The molecule has 0 spiro atoms. The van der Waals surface area contributed by atoms with Crippen LogP contribution in [0.4, 0.5) is 0 Å². The van der Waals surface area contributed by atoms with E-state index < -0.39 is 24.3 Å². The van der Waals surface area contributed by atoms with Gasteiger partial charge < -0.3 is 14.2 Å². The van der Waals surface area contributed by atoms with E-state index in [1.165, 1.54) is 0 Å². The number of carbonyl (C=O) groups excluding carboxylic acids is 1. The highest BCUT2D eigenvalue weighted by atomic mass is 17.3. The lowest BCUT2D eigenvalue weighted by Crippen LogP contribution is -2.66. The zero-order valence-electron chi connectivity index (χ0n) is 14.6. The van der Waals surface area contributed by atoms with Gasteiger partial charge >= 0.3 is 0 Å². The third-order valence-electron chi connectivity index (χ3n) is 5.59. The van der Waals surface area contributed by atoms with Gasteiger partial charge in [-0.3, -0.25) is 4.79 Å². The monoisotopic (exact) mass is 348 g/mol. The van der Waals surface area contributed by atoms with Crippen LogP contribution in [0.3, 0.4) is 0 Å². The van der Waals surface area contributed by atoms with E-state index in [0.29, 0.717) is 19.6 Å². The predicted molar refractivity (Wildman–Crippen MR) is 87.1 cm³/mol. The molecule has 6 atom stereocenters. The number of rotatable bonds is 6. The van der Waals surface area contributed by atoms with Crippen LogP contribution in [0.5, 0.6) is 0 Å². The van der Waals surface area contributed by atoms with Crippen molar-refractivity contribution in [2.45, 2.75) is 57.6 Å². The van der Waals surface area contributed by atoms with Crippen molar-refractivity contribution in [3.05, 3.63) is 35.9 Å². The van der Waals surface area contributed by atoms with Gasteiger partial charge in [-0.05, 0) is 18.4 Å². The maximum absolute atomic E-state index is 12.7. The molecule has 0 unspecified atom stereocenters. The summed E-state index contributed by atoms with van der Waals surface area (Å²) in [6, 6.07) is 10.0. The van der Waals surface area contributed by atoms with Crippen LogP contribution in [0.1, 0.15) is 32.3 Å². The van der Waals surface area contributed by atoms with Gasteiger partial charge in [-0.2, -0.15) is 9.78 Å². The minimum absolute atomic E-state index is 0.189. The van der Waals surface area contributed by atoms with Crippen molar-refractivity contribution in [1.82, 2.24) is 0 Å². The second-order valence-corrected chi connectivity index (χ2v) is 7.12. The van der Waals surface area contributed by atoms with Crippen molar-refractivity contribution in [2.24, 2.45) is 11.8 Å². The van der Waals surface area contributed by atoms with Gasteiger partial charge in [-0.1, -0.05) is 44.2 Å². The van der Waals surface area contributed by atoms with E-state index in [0.717, 1.165) is 12.0 Å².